The summed E-state index contributed by atoms with van der Waals surface area (Å²) in [5, 5.41) is 6.96. The van der Waals surface area contributed by atoms with Gasteiger partial charge in [-0.25, -0.2) is 4.98 Å². The molecule has 0 atom stereocenters. The summed E-state index contributed by atoms with van der Waals surface area (Å²) < 4.78 is 0. The summed E-state index contributed by atoms with van der Waals surface area (Å²) in [4.78, 5) is 9.37. The maximum atomic E-state index is 5.60. The lowest BCUT2D eigenvalue weighted by atomic mass is 10.1. The Labute approximate surface area is 147 Å². The molecule has 1 saturated carbocycles. The van der Waals surface area contributed by atoms with E-state index in [-0.39, 0.29) is 0 Å². The maximum Gasteiger partial charge on any atom is 0.189 e. The smallest absolute Gasteiger partial charge is 0.189 e. The van der Waals surface area contributed by atoms with E-state index in [9.17, 15) is 0 Å². The van der Waals surface area contributed by atoms with Crippen LogP contribution < -0.4 is 16.0 Å². The van der Waals surface area contributed by atoms with Crippen molar-refractivity contribution >= 4 is 33.7 Å². The Bertz CT molecular complexity index is 654. The average molecular weight is 342 g/mol. The molecule has 0 bridgehead atoms. The number of thiazole rings is 1. The van der Waals surface area contributed by atoms with Gasteiger partial charge in [-0.15, -0.1) is 0 Å². The molecule has 24 heavy (non-hydrogen) atoms. The van der Waals surface area contributed by atoms with Crippen LogP contribution in [0.4, 0.5) is 22.3 Å². The van der Waals surface area contributed by atoms with Crippen LogP contribution in [0.15, 0.2) is 24.3 Å². The first-order valence-electron chi connectivity index (χ1n) is 8.78. The van der Waals surface area contributed by atoms with Crippen molar-refractivity contribution in [2.75, 3.05) is 42.1 Å². The number of nitrogens with one attached hydrogen (secondary N) is 1. The molecule has 3 N–H and O–H groups in total. The fourth-order valence-corrected chi connectivity index (χ4v) is 4.36. The number of aromatic nitrogens is 1. The Hall–Kier alpha value is -1.79. The monoisotopic (exact) mass is 342 g/mol. The molecule has 1 aliphatic heterocycles. The van der Waals surface area contributed by atoms with Crippen LogP contribution in [0.5, 0.6) is 0 Å². The molecule has 1 aliphatic carbocycles. The highest BCUT2D eigenvalue weighted by atomic mass is 32.1. The number of nitrogens with two attached hydrogens (primary N) is 1. The minimum atomic E-state index is 0.444. The highest BCUT2D eigenvalue weighted by molar-refractivity contribution is 7.13. The van der Waals surface area contributed by atoms with Gasteiger partial charge < -0.3 is 16.0 Å². The van der Waals surface area contributed by atoms with Crippen molar-refractivity contribution < 1.29 is 0 Å². The number of nitrogen functional groups attached to an aromatic ring is 1. The first-order chi connectivity index (χ1) is 11.8. The molecule has 127 valence electrons. The summed E-state index contributed by atoms with van der Waals surface area (Å²) in [5.41, 5.74) is 7.94. The van der Waals surface area contributed by atoms with Crippen molar-refractivity contribution in [3.63, 3.8) is 0 Å². The first-order valence-corrected chi connectivity index (χ1v) is 9.60. The summed E-state index contributed by atoms with van der Waals surface area (Å²) in [6.07, 6.45) is 5.64. The fraction of sp³-hybridized carbons (Fsp3) is 0.500. The molecule has 0 amide bonds. The number of nitrogens with zero attached hydrogens (tertiary/aromatic N) is 3. The predicted octanol–water partition coefficient (Wildman–Crippen LogP) is 3.33. The van der Waals surface area contributed by atoms with Crippen LogP contribution in [0.1, 0.15) is 25.7 Å². The number of piperazine rings is 1. The van der Waals surface area contributed by atoms with Gasteiger partial charge in [0.25, 0.3) is 0 Å². The molecule has 2 aliphatic rings. The Kier molecular flexibility index (Phi) is 4.58. The summed E-state index contributed by atoms with van der Waals surface area (Å²) >= 11 is 1.40. The zero-order valence-corrected chi connectivity index (χ0v) is 14.7. The van der Waals surface area contributed by atoms with Crippen LogP contribution in [0.2, 0.25) is 0 Å². The molecule has 4 rings (SSSR count). The van der Waals surface area contributed by atoms with Crippen molar-refractivity contribution in [2.45, 2.75) is 31.7 Å². The van der Waals surface area contributed by atoms with Gasteiger partial charge in [0.15, 0.2) is 5.13 Å². The first kappa shape index (κ1) is 15.7. The van der Waals surface area contributed by atoms with E-state index in [4.69, 9.17) is 5.73 Å². The molecule has 6 heteroatoms. The largest absolute Gasteiger partial charge is 0.382 e. The van der Waals surface area contributed by atoms with Gasteiger partial charge >= 0.3 is 0 Å². The van der Waals surface area contributed by atoms with Gasteiger partial charge in [0.2, 0.25) is 0 Å². The van der Waals surface area contributed by atoms with Gasteiger partial charge in [-0.1, -0.05) is 24.2 Å². The van der Waals surface area contributed by atoms with Gasteiger partial charge in [-0.05, 0) is 37.1 Å². The summed E-state index contributed by atoms with van der Waals surface area (Å²) in [6, 6.07) is 9.44. The van der Waals surface area contributed by atoms with Crippen molar-refractivity contribution in [2.24, 2.45) is 0 Å². The van der Waals surface area contributed by atoms with E-state index in [0.29, 0.717) is 5.82 Å². The SMILES string of the molecule is Nc1[c]sc(Nc2ccc(N3CCN(C4CCCC4)CC3)cc2)n1. The van der Waals surface area contributed by atoms with Gasteiger partial charge in [0.05, 0.1) is 5.38 Å². The minimum absolute atomic E-state index is 0.444. The molecule has 2 fully saturated rings. The van der Waals surface area contributed by atoms with Gasteiger partial charge in [-0.2, -0.15) is 0 Å². The van der Waals surface area contributed by atoms with Crippen LogP contribution in [-0.2, 0) is 0 Å². The third-order valence-electron chi connectivity index (χ3n) is 5.11. The molecule has 1 saturated heterocycles. The highest BCUT2D eigenvalue weighted by Crippen LogP contribution is 2.27. The third kappa shape index (κ3) is 3.49. The number of hydrogen-bond acceptors (Lipinski definition) is 6. The van der Waals surface area contributed by atoms with E-state index in [0.717, 1.165) is 30.0 Å². The zero-order valence-electron chi connectivity index (χ0n) is 13.9. The second-order valence-corrected chi connectivity index (χ2v) is 7.43. The number of anilines is 4. The summed E-state index contributed by atoms with van der Waals surface area (Å²) in [5.74, 6) is 0.444. The second kappa shape index (κ2) is 6.99. The van der Waals surface area contributed by atoms with Crippen molar-refractivity contribution in [3.8, 4) is 0 Å². The number of benzene rings is 1. The molecular weight excluding hydrogens is 318 g/mol. The molecule has 2 aromatic rings. The van der Waals surface area contributed by atoms with E-state index in [1.54, 1.807) is 0 Å². The molecule has 2 heterocycles. The van der Waals surface area contributed by atoms with Gasteiger partial charge in [0.1, 0.15) is 5.82 Å². The maximum absolute atomic E-state index is 5.60. The van der Waals surface area contributed by atoms with Crippen molar-refractivity contribution in [1.82, 2.24) is 9.88 Å². The molecule has 1 aromatic heterocycles. The molecule has 1 radical (unpaired) electrons. The number of hydrogen-bond donors (Lipinski definition) is 2. The molecule has 0 spiro atoms. The van der Waals surface area contributed by atoms with Crippen molar-refractivity contribution in [3.05, 3.63) is 29.6 Å². The lowest BCUT2D eigenvalue weighted by Gasteiger charge is -2.39. The van der Waals surface area contributed by atoms with Crippen LogP contribution in [0.3, 0.4) is 0 Å². The van der Waals surface area contributed by atoms with Crippen LogP contribution in [0.25, 0.3) is 0 Å². The Morgan fingerprint density at radius 2 is 1.79 bits per heavy atom. The minimum Gasteiger partial charge on any atom is -0.382 e. The van der Waals surface area contributed by atoms with Crippen LogP contribution in [-0.4, -0.2) is 42.1 Å². The van der Waals surface area contributed by atoms with E-state index in [2.05, 4.69) is 49.7 Å². The topological polar surface area (TPSA) is 57.4 Å². The Balaban J connectivity index is 1.33. The molecular formula is C18H24N5S. The van der Waals surface area contributed by atoms with Crippen LogP contribution >= 0.6 is 11.3 Å². The average Bonchev–Trinajstić information content (AvgIpc) is 3.28. The standard InChI is InChI=1S/C18H24N5S/c19-17-13-24-18(21-17)20-14-5-7-16(8-6-14)23-11-9-22(10-12-23)15-3-1-2-4-15/h5-8,15H,1-4,9-12,19H2,(H,20,21). The van der Waals surface area contributed by atoms with Crippen LogP contribution in [0, 0.1) is 5.38 Å². The quantitative estimate of drug-likeness (QED) is 0.892. The second-order valence-electron chi connectivity index (χ2n) is 6.64. The van der Waals surface area contributed by atoms with E-state index in [1.807, 2.05) is 0 Å². The highest BCUT2D eigenvalue weighted by Gasteiger charge is 2.26. The van der Waals surface area contributed by atoms with E-state index >= 15 is 0 Å². The van der Waals surface area contributed by atoms with E-state index < -0.39 is 0 Å². The third-order valence-corrected chi connectivity index (χ3v) is 5.81. The number of rotatable bonds is 4. The zero-order chi connectivity index (χ0) is 16.4. The van der Waals surface area contributed by atoms with Gasteiger partial charge in [-0.3, -0.25) is 4.90 Å². The van der Waals surface area contributed by atoms with Gasteiger partial charge in [0, 0.05) is 43.6 Å². The lowest BCUT2D eigenvalue weighted by Crippen LogP contribution is -2.49. The van der Waals surface area contributed by atoms with E-state index in [1.165, 1.54) is 55.8 Å². The molecule has 1 aromatic carbocycles. The predicted molar refractivity (Wildman–Crippen MR) is 101 cm³/mol. The Morgan fingerprint density at radius 1 is 1.08 bits per heavy atom. The molecule has 0 unspecified atom stereocenters. The normalized spacial score (nSPS) is 19.8. The van der Waals surface area contributed by atoms with Crippen molar-refractivity contribution in [1.29, 1.82) is 0 Å². The summed E-state index contributed by atoms with van der Waals surface area (Å²) in [7, 11) is 0. The lowest BCUT2D eigenvalue weighted by molar-refractivity contribution is 0.187. The fourth-order valence-electron chi connectivity index (χ4n) is 3.80. The Morgan fingerprint density at radius 3 is 2.42 bits per heavy atom. The summed E-state index contributed by atoms with van der Waals surface area (Å²) in [6.45, 7) is 4.64. The molecule has 5 nitrogen and oxygen atoms in total.